The van der Waals surface area contributed by atoms with Gasteiger partial charge in [-0.05, 0) is 36.7 Å². The molecule has 0 aromatic carbocycles. The van der Waals surface area contributed by atoms with Gasteiger partial charge in [-0.3, -0.25) is 19.2 Å². The highest BCUT2D eigenvalue weighted by atomic mass is 32.2. The van der Waals surface area contributed by atoms with E-state index in [1.807, 2.05) is 20.1 Å². The second kappa shape index (κ2) is 16.3. The molecule has 0 aliphatic rings. The van der Waals surface area contributed by atoms with Crippen LogP contribution in [0.2, 0.25) is 0 Å². The van der Waals surface area contributed by atoms with Gasteiger partial charge >= 0.3 is 11.9 Å². The molecule has 0 spiro atoms. The van der Waals surface area contributed by atoms with Crippen molar-refractivity contribution in [3.05, 3.63) is 0 Å². The number of rotatable bonds is 17. The lowest BCUT2D eigenvalue weighted by molar-refractivity contribution is -0.142. The van der Waals surface area contributed by atoms with E-state index < -0.39 is 53.8 Å². The number of thioether (sulfide) groups is 1. The molecule has 6 unspecified atom stereocenters. The number of amides is 3. The number of carboxylic acids is 2. The molecule has 196 valence electrons. The summed E-state index contributed by atoms with van der Waals surface area (Å²) in [4.78, 5) is 61.0. The molecule has 11 nitrogen and oxygen atoms in total. The maximum atomic E-state index is 13.0. The van der Waals surface area contributed by atoms with Crippen LogP contribution in [0.15, 0.2) is 0 Å². The minimum Gasteiger partial charge on any atom is -0.481 e. The van der Waals surface area contributed by atoms with Crippen molar-refractivity contribution >= 4 is 41.4 Å². The molecule has 6 atom stereocenters. The van der Waals surface area contributed by atoms with Gasteiger partial charge in [0.15, 0.2) is 0 Å². The highest BCUT2D eigenvalue weighted by molar-refractivity contribution is 7.98. The van der Waals surface area contributed by atoms with Crippen molar-refractivity contribution in [1.82, 2.24) is 16.0 Å². The molecule has 0 saturated heterocycles. The van der Waals surface area contributed by atoms with Gasteiger partial charge in [0.1, 0.15) is 18.1 Å². The van der Waals surface area contributed by atoms with Gasteiger partial charge in [0.05, 0.1) is 6.04 Å². The Bertz CT molecular complexity index is 707. The molecule has 0 aliphatic carbocycles. The van der Waals surface area contributed by atoms with Gasteiger partial charge in [-0.1, -0.05) is 40.5 Å². The predicted octanol–water partition coefficient (Wildman–Crippen LogP) is 0.563. The molecule has 0 radical (unpaired) electrons. The molecule has 3 amide bonds. The number of carboxylic acid groups (broad SMARTS) is 2. The van der Waals surface area contributed by atoms with Gasteiger partial charge in [0.25, 0.3) is 0 Å². The molecule has 0 aromatic rings. The van der Waals surface area contributed by atoms with Gasteiger partial charge in [0, 0.05) is 6.42 Å². The summed E-state index contributed by atoms with van der Waals surface area (Å²) in [6, 6.07) is -4.28. The minimum absolute atomic E-state index is 0.156. The van der Waals surface area contributed by atoms with Crippen LogP contribution in [0.4, 0.5) is 0 Å². The number of hydrogen-bond acceptors (Lipinski definition) is 7. The molecule has 7 N–H and O–H groups in total. The monoisotopic (exact) mass is 504 g/mol. The molecule has 0 fully saturated rings. The molecule has 34 heavy (non-hydrogen) atoms. The quantitative estimate of drug-likeness (QED) is 0.164. The van der Waals surface area contributed by atoms with E-state index in [1.165, 1.54) is 11.8 Å². The zero-order valence-corrected chi connectivity index (χ0v) is 21.4. The number of aliphatic carboxylic acids is 2. The molecule has 0 rings (SSSR count). The molecule has 0 bridgehead atoms. The van der Waals surface area contributed by atoms with Gasteiger partial charge in [-0.2, -0.15) is 11.8 Å². The van der Waals surface area contributed by atoms with Crippen LogP contribution in [0.3, 0.4) is 0 Å². The summed E-state index contributed by atoms with van der Waals surface area (Å²) < 4.78 is 0. The molecular formula is C22H40N4O7S. The summed E-state index contributed by atoms with van der Waals surface area (Å²) in [7, 11) is 0. The standard InChI is InChI=1S/C22H40N4O7S/c1-6-12(3)17(23)20(30)24-14(8-9-16(27)28)19(29)26-18(13(4)7-2)21(31)25-15(22(32)33)10-11-34-5/h12-15,17-18H,6-11,23H2,1-5H3,(H,24,30)(H,25,31)(H,26,29)(H,27,28)(H,32,33). The molecule has 12 heteroatoms. The van der Waals surface area contributed by atoms with E-state index in [0.717, 1.165) is 0 Å². The Hall–Kier alpha value is -2.34. The van der Waals surface area contributed by atoms with E-state index in [1.54, 1.807) is 13.8 Å². The lowest BCUT2D eigenvalue weighted by Gasteiger charge is -2.28. The first-order valence-electron chi connectivity index (χ1n) is 11.5. The zero-order valence-electron chi connectivity index (χ0n) is 20.6. The lowest BCUT2D eigenvalue weighted by Crippen LogP contribution is -2.59. The van der Waals surface area contributed by atoms with Crippen LogP contribution in [-0.2, 0) is 24.0 Å². The molecule has 0 saturated carbocycles. The van der Waals surface area contributed by atoms with Crippen LogP contribution in [0.1, 0.15) is 59.8 Å². The summed E-state index contributed by atoms with van der Waals surface area (Å²) in [5.41, 5.74) is 5.94. The van der Waals surface area contributed by atoms with E-state index in [0.29, 0.717) is 18.6 Å². The van der Waals surface area contributed by atoms with Crippen LogP contribution < -0.4 is 21.7 Å². The fourth-order valence-electron chi connectivity index (χ4n) is 3.03. The van der Waals surface area contributed by atoms with Crippen molar-refractivity contribution in [2.75, 3.05) is 12.0 Å². The first-order valence-corrected chi connectivity index (χ1v) is 12.9. The third-order valence-corrected chi connectivity index (χ3v) is 6.50. The Morgan fingerprint density at radius 1 is 0.824 bits per heavy atom. The van der Waals surface area contributed by atoms with Crippen LogP contribution in [0.25, 0.3) is 0 Å². The number of nitrogens with one attached hydrogen (secondary N) is 3. The Labute approximate surface area is 205 Å². The highest BCUT2D eigenvalue weighted by Crippen LogP contribution is 2.12. The van der Waals surface area contributed by atoms with Gasteiger partial charge < -0.3 is 31.9 Å². The van der Waals surface area contributed by atoms with Crippen molar-refractivity contribution in [2.45, 2.75) is 84.0 Å². The second-order valence-electron chi connectivity index (χ2n) is 8.46. The topological polar surface area (TPSA) is 188 Å². The molecule has 0 aromatic heterocycles. The fraction of sp³-hybridized carbons (Fsp3) is 0.773. The Kier molecular flexibility index (Phi) is 15.2. The van der Waals surface area contributed by atoms with Crippen molar-refractivity contribution in [3.63, 3.8) is 0 Å². The number of hydrogen-bond donors (Lipinski definition) is 6. The first-order chi connectivity index (χ1) is 15.9. The summed E-state index contributed by atoms with van der Waals surface area (Å²) >= 11 is 1.44. The van der Waals surface area contributed by atoms with E-state index in [-0.39, 0.29) is 31.1 Å². The Balaban J connectivity index is 5.61. The summed E-state index contributed by atoms with van der Waals surface area (Å²) in [6.45, 7) is 7.20. The lowest BCUT2D eigenvalue weighted by atomic mass is 9.96. The van der Waals surface area contributed by atoms with Gasteiger partial charge in [-0.25, -0.2) is 4.79 Å². The second-order valence-corrected chi connectivity index (χ2v) is 9.44. The predicted molar refractivity (Wildman–Crippen MR) is 130 cm³/mol. The van der Waals surface area contributed by atoms with Crippen LogP contribution in [-0.4, -0.2) is 76.0 Å². The number of carbonyl (C=O) groups excluding carboxylic acids is 3. The van der Waals surface area contributed by atoms with Crippen molar-refractivity contribution in [3.8, 4) is 0 Å². The molecular weight excluding hydrogens is 464 g/mol. The van der Waals surface area contributed by atoms with Crippen molar-refractivity contribution in [2.24, 2.45) is 17.6 Å². The van der Waals surface area contributed by atoms with Crippen LogP contribution in [0.5, 0.6) is 0 Å². The maximum absolute atomic E-state index is 13.0. The van der Waals surface area contributed by atoms with Crippen LogP contribution >= 0.6 is 11.8 Å². The Morgan fingerprint density at radius 2 is 1.38 bits per heavy atom. The first kappa shape index (κ1) is 31.7. The highest BCUT2D eigenvalue weighted by Gasteiger charge is 2.33. The molecule has 0 heterocycles. The van der Waals surface area contributed by atoms with Crippen molar-refractivity contribution < 1.29 is 34.2 Å². The average Bonchev–Trinajstić information content (AvgIpc) is 2.80. The van der Waals surface area contributed by atoms with E-state index in [9.17, 15) is 29.1 Å². The number of nitrogens with two attached hydrogens (primary N) is 1. The Morgan fingerprint density at radius 3 is 1.85 bits per heavy atom. The smallest absolute Gasteiger partial charge is 0.326 e. The summed E-state index contributed by atoms with van der Waals surface area (Å²) in [5, 5.41) is 26.0. The third-order valence-electron chi connectivity index (χ3n) is 5.86. The van der Waals surface area contributed by atoms with Gasteiger partial charge in [-0.15, -0.1) is 0 Å². The SMILES string of the molecule is CCC(C)C(N)C(=O)NC(CCC(=O)O)C(=O)NC(C(=O)NC(CCSC)C(=O)O)C(C)CC. The average molecular weight is 505 g/mol. The number of carbonyl (C=O) groups is 5. The fourth-order valence-corrected chi connectivity index (χ4v) is 3.50. The van der Waals surface area contributed by atoms with E-state index in [4.69, 9.17) is 10.8 Å². The molecule has 0 aliphatic heterocycles. The minimum atomic E-state index is -1.22. The zero-order chi connectivity index (χ0) is 26.4. The maximum Gasteiger partial charge on any atom is 0.326 e. The van der Waals surface area contributed by atoms with Crippen molar-refractivity contribution in [1.29, 1.82) is 0 Å². The summed E-state index contributed by atoms with van der Waals surface area (Å²) in [6.07, 6.45) is 2.60. The van der Waals surface area contributed by atoms with E-state index in [2.05, 4.69) is 16.0 Å². The van der Waals surface area contributed by atoms with Gasteiger partial charge in [0.2, 0.25) is 17.7 Å². The summed E-state index contributed by atoms with van der Waals surface area (Å²) in [5.74, 6) is -4.29. The largest absolute Gasteiger partial charge is 0.481 e. The third kappa shape index (κ3) is 11.2. The normalized spacial score (nSPS) is 16.3. The van der Waals surface area contributed by atoms with Crippen LogP contribution in [0, 0.1) is 11.8 Å². The van der Waals surface area contributed by atoms with E-state index >= 15 is 0 Å².